The molecule has 21 heavy (non-hydrogen) atoms. The second kappa shape index (κ2) is 5.35. The van der Waals surface area contributed by atoms with Crippen LogP contribution in [0.25, 0.3) is 16.7 Å². The van der Waals surface area contributed by atoms with Gasteiger partial charge in [0.05, 0.1) is 15.9 Å². The molecule has 0 bridgehead atoms. The molecule has 0 saturated heterocycles. The maximum absolute atomic E-state index is 13.8. The van der Waals surface area contributed by atoms with E-state index in [2.05, 4.69) is 20.9 Å². The van der Waals surface area contributed by atoms with Crippen molar-refractivity contribution in [3.05, 3.63) is 58.1 Å². The zero-order valence-electron chi connectivity index (χ0n) is 10.4. The number of hydrogen-bond acceptors (Lipinski definition) is 1. The van der Waals surface area contributed by atoms with E-state index in [1.165, 1.54) is 28.8 Å². The molecule has 0 aliphatic heterocycles. The quantitative estimate of drug-likeness (QED) is 0.580. The van der Waals surface area contributed by atoms with E-state index in [1.807, 2.05) is 0 Å². The summed E-state index contributed by atoms with van der Waals surface area (Å²) in [6.45, 7) is 0. The highest BCUT2D eigenvalue weighted by Gasteiger charge is 2.17. The number of alkyl halides is 1. The summed E-state index contributed by atoms with van der Waals surface area (Å²) in [6.07, 6.45) is 0. The van der Waals surface area contributed by atoms with Crippen molar-refractivity contribution in [2.45, 2.75) is 5.88 Å². The molecule has 0 saturated carbocycles. The van der Waals surface area contributed by atoms with E-state index in [-0.39, 0.29) is 21.4 Å². The number of halogens is 5. The highest BCUT2D eigenvalue weighted by Crippen LogP contribution is 2.27. The molecule has 3 rings (SSSR count). The molecule has 0 unspecified atom stereocenters. The molecule has 0 radical (unpaired) electrons. The maximum atomic E-state index is 13.8. The Morgan fingerprint density at radius 2 is 1.86 bits per heavy atom. The van der Waals surface area contributed by atoms with Gasteiger partial charge in [0.25, 0.3) is 0 Å². The Kier molecular flexibility index (Phi) is 3.67. The van der Waals surface area contributed by atoms with Gasteiger partial charge in [-0.25, -0.2) is 18.2 Å². The topological polar surface area (TPSA) is 17.8 Å². The van der Waals surface area contributed by atoms with Gasteiger partial charge in [0, 0.05) is 17.8 Å². The highest BCUT2D eigenvalue weighted by atomic mass is 79.9. The minimum absolute atomic E-state index is 0.00470. The molecule has 0 fully saturated rings. The van der Waals surface area contributed by atoms with E-state index < -0.39 is 17.5 Å². The molecule has 0 aliphatic carbocycles. The lowest BCUT2D eigenvalue weighted by Gasteiger charge is -2.08. The molecular formula is C14H7BrClF3N2. The maximum Gasteiger partial charge on any atom is 0.153 e. The van der Waals surface area contributed by atoms with Crippen LogP contribution in [0, 0.1) is 17.5 Å². The lowest BCUT2D eigenvalue weighted by atomic mass is 10.2. The number of rotatable bonds is 2. The number of benzene rings is 2. The third kappa shape index (κ3) is 2.42. The minimum atomic E-state index is -0.767. The Balaban J connectivity index is 2.36. The van der Waals surface area contributed by atoms with Crippen LogP contribution in [-0.4, -0.2) is 9.55 Å². The molecule has 2 aromatic carbocycles. The third-order valence-electron chi connectivity index (χ3n) is 3.03. The second-order valence-electron chi connectivity index (χ2n) is 4.35. The smallest absolute Gasteiger partial charge is 0.153 e. The molecule has 0 amide bonds. The molecule has 3 aromatic rings. The van der Waals surface area contributed by atoms with E-state index >= 15 is 0 Å². The standard InChI is InChI=1S/C14H7BrClF3N2/c15-9-5-8(1-2-10(9)18)21-12-4-7(17)3-11(19)14(12)20-13(21)6-16/h1-5H,6H2. The summed E-state index contributed by atoms with van der Waals surface area (Å²) in [7, 11) is 0. The lowest BCUT2D eigenvalue weighted by molar-refractivity contribution is 0.590. The van der Waals surface area contributed by atoms with Gasteiger partial charge >= 0.3 is 0 Å². The van der Waals surface area contributed by atoms with Crippen molar-refractivity contribution in [3.63, 3.8) is 0 Å². The van der Waals surface area contributed by atoms with Gasteiger partial charge in [-0.2, -0.15) is 0 Å². The van der Waals surface area contributed by atoms with E-state index in [9.17, 15) is 13.2 Å². The van der Waals surface area contributed by atoms with Crippen molar-refractivity contribution in [2.75, 3.05) is 0 Å². The van der Waals surface area contributed by atoms with E-state index in [0.29, 0.717) is 11.5 Å². The van der Waals surface area contributed by atoms with Crippen LogP contribution in [0.15, 0.2) is 34.8 Å². The van der Waals surface area contributed by atoms with Crippen molar-refractivity contribution in [1.29, 1.82) is 0 Å². The Bertz CT molecular complexity index is 848. The van der Waals surface area contributed by atoms with Crippen LogP contribution in [-0.2, 0) is 5.88 Å². The normalized spacial score (nSPS) is 11.3. The lowest BCUT2D eigenvalue weighted by Crippen LogP contribution is -2.00. The molecule has 0 aliphatic rings. The molecule has 0 N–H and O–H groups in total. The van der Waals surface area contributed by atoms with Gasteiger partial charge in [-0.05, 0) is 34.1 Å². The van der Waals surface area contributed by atoms with Crippen molar-refractivity contribution in [3.8, 4) is 5.69 Å². The van der Waals surface area contributed by atoms with Gasteiger partial charge in [-0.15, -0.1) is 11.6 Å². The number of imidazole rings is 1. The van der Waals surface area contributed by atoms with Gasteiger partial charge in [0.1, 0.15) is 23.0 Å². The van der Waals surface area contributed by atoms with Gasteiger partial charge in [-0.1, -0.05) is 0 Å². The largest absolute Gasteiger partial charge is 0.295 e. The van der Waals surface area contributed by atoms with Gasteiger partial charge in [0.2, 0.25) is 0 Å². The summed E-state index contributed by atoms with van der Waals surface area (Å²) in [5.41, 5.74) is 0.764. The monoisotopic (exact) mass is 374 g/mol. The number of fused-ring (bicyclic) bond motifs is 1. The first-order valence-corrected chi connectivity index (χ1v) is 7.22. The Morgan fingerprint density at radius 1 is 1.10 bits per heavy atom. The average Bonchev–Trinajstić information content (AvgIpc) is 2.80. The van der Waals surface area contributed by atoms with Crippen LogP contribution in [0.1, 0.15) is 5.82 Å². The Labute approximate surface area is 131 Å². The average molecular weight is 376 g/mol. The first-order chi connectivity index (χ1) is 10.0. The van der Waals surface area contributed by atoms with E-state index in [1.54, 1.807) is 0 Å². The van der Waals surface area contributed by atoms with Gasteiger partial charge < -0.3 is 0 Å². The Hall–Kier alpha value is -1.53. The molecule has 0 spiro atoms. The fraction of sp³-hybridized carbons (Fsp3) is 0.0714. The zero-order valence-corrected chi connectivity index (χ0v) is 12.7. The summed E-state index contributed by atoms with van der Waals surface area (Å²) >= 11 is 8.91. The summed E-state index contributed by atoms with van der Waals surface area (Å²) in [5, 5.41) is 0. The van der Waals surface area contributed by atoms with Crippen LogP contribution >= 0.6 is 27.5 Å². The summed E-state index contributed by atoms with van der Waals surface area (Å²) in [6, 6.07) is 6.16. The second-order valence-corrected chi connectivity index (χ2v) is 5.47. The van der Waals surface area contributed by atoms with Crippen LogP contribution < -0.4 is 0 Å². The first-order valence-electron chi connectivity index (χ1n) is 5.89. The fourth-order valence-corrected chi connectivity index (χ4v) is 2.70. The number of aromatic nitrogens is 2. The molecule has 7 heteroatoms. The van der Waals surface area contributed by atoms with Crippen LogP contribution in [0.3, 0.4) is 0 Å². The number of nitrogens with zero attached hydrogens (tertiary/aromatic N) is 2. The molecule has 1 heterocycles. The van der Waals surface area contributed by atoms with Crippen LogP contribution in [0.2, 0.25) is 0 Å². The van der Waals surface area contributed by atoms with Crippen LogP contribution in [0.4, 0.5) is 13.2 Å². The van der Waals surface area contributed by atoms with E-state index in [0.717, 1.165) is 6.07 Å². The first kappa shape index (κ1) is 14.4. The third-order valence-corrected chi connectivity index (χ3v) is 3.88. The van der Waals surface area contributed by atoms with Gasteiger partial charge in [-0.3, -0.25) is 4.57 Å². The van der Waals surface area contributed by atoms with Crippen LogP contribution in [0.5, 0.6) is 0 Å². The highest BCUT2D eigenvalue weighted by molar-refractivity contribution is 9.10. The van der Waals surface area contributed by atoms with Crippen molar-refractivity contribution in [2.24, 2.45) is 0 Å². The summed E-state index contributed by atoms with van der Waals surface area (Å²) in [5.74, 6) is -1.58. The van der Waals surface area contributed by atoms with E-state index in [4.69, 9.17) is 11.6 Å². The van der Waals surface area contributed by atoms with Crippen molar-refractivity contribution >= 4 is 38.6 Å². The molecule has 108 valence electrons. The van der Waals surface area contributed by atoms with Gasteiger partial charge in [0.15, 0.2) is 5.82 Å². The SMILES string of the molecule is Fc1cc(F)c2nc(CCl)n(-c3ccc(F)c(Br)c3)c2c1. The Morgan fingerprint density at radius 3 is 2.52 bits per heavy atom. The predicted octanol–water partition coefficient (Wildman–Crippen LogP) is 4.94. The van der Waals surface area contributed by atoms with Crippen molar-refractivity contribution < 1.29 is 13.2 Å². The number of hydrogen-bond donors (Lipinski definition) is 0. The molecular weight excluding hydrogens is 369 g/mol. The summed E-state index contributed by atoms with van der Waals surface area (Å²) in [4.78, 5) is 4.08. The van der Waals surface area contributed by atoms with Crippen molar-refractivity contribution in [1.82, 2.24) is 9.55 Å². The predicted molar refractivity (Wildman–Crippen MR) is 78.2 cm³/mol. The molecule has 0 atom stereocenters. The summed E-state index contributed by atoms with van der Waals surface area (Å²) < 4.78 is 42.4. The molecule has 2 nitrogen and oxygen atoms in total. The minimum Gasteiger partial charge on any atom is -0.295 e. The molecule has 1 aromatic heterocycles. The zero-order chi connectivity index (χ0) is 15.1. The fourth-order valence-electron chi connectivity index (χ4n) is 2.15.